The number of piperidine rings is 1. The van der Waals surface area contributed by atoms with E-state index in [0.29, 0.717) is 19.5 Å². The molecule has 1 amide bonds. The van der Waals surface area contributed by atoms with E-state index in [9.17, 15) is 4.79 Å². The molecule has 1 aromatic heterocycles. The number of carbonyl (C=O) groups is 1. The summed E-state index contributed by atoms with van der Waals surface area (Å²) in [6.45, 7) is 2.09. The molecule has 0 spiro atoms. The monoisotopic (exact) mass is 308 g/mol. The number of aryl methyl sites for hydroxylation is 1. The largest absolute Gasteiger partial charge is 0.338 e. The lowest BCUT2D eigenvalue weighted by Crippen LogP contribution is -2.47. The maximum absolute atomic E-state index is 12.1. The molecule has 1 aromatic rings. The first-order chi connectivity index (χ1) is 8.31. The van der Waals surface area contributed by atoms with Crippen molar-refractivity contribution in [2.45, 2.75) is 38.3 Å². The van der Waals surface area contributed by atoms with E-state index in [1.165, 1.54) is 6.42 Å². The molecule has 1 aliphatic heterocycles. The second-order valence-electron chi connectivity index (χ2n) is 4.49. The molecular formula is C12H22Cl2N4O. The number of nitrogens with two attached hydrogens (primary N) is 1. The number of hydrogen-bond donors (Lipinski definition) is 1. The van der Waals surface area contributed by atoms with Crippen LogP contribution in [0.5, 0.6) is 0 Å². The third kappa shape index (κ3) is 5.01. The molecule has 1 atom stereocenters. The Morgan fingerprint density at radius 1 is 1.37 bits per heavy atom. The SMILES string of the molecule is Cl.Cl.NCC1CCCCN1C(=O)CCn1cccn1. The lowest BCUT2D eigenvalue weighted by Gasteiger charge is -2.35. The van der Waals surface area contributed by atoms with Crippen LogP contribution in [0.25, 0.3) is 0 Å². The number of amides is 1. The third-order valence-electron chi connectivity index (χ3n) is 3.33. The topological polar surface area (TPSA) is 64.2 Å². The molecule has 0 aliphatic carbocycles. The van der Waals surface area contributed by atoms with Gasteiger partial charge in [0.1, 0.15) is 0 Å². The Labute approximate surface area is 126 Å². The van der Waals surface area contributed by atoms with Gasteiger partial charge in [0, 0.05) is 44.5 Å². The van der Waals surface area contributed by atoms with E-state index >= 15 is 0 Å². The molecule has 0 bridgehead atoms. The zero-order valence-electron chi connectivity index (χ0n) is 10.9. The summed E-state index contributed by atoms with van der Waals surface area (Å²) in [5, 5.41) is 4.09. The highest BCUT2D eigenvalue weighted by Gasteiger charge is 2.24. The maximum Gasteiger partial charge on any atom is 0.224 e. The number of rotatable bonds is 4. The third-order valence-corrected chi connectivity index (χ3v) is 3.33. The first-order valence-corrected chi connectivity index (χ1v) is 6.28. The Morgan fingerprint density at radius 3 is 2.79 bits per heavy atom. The second kappa shape index (κ2) is 9.18. The lowest BCUT2D eigenvalue weighted by molar-refractivity contribution is -0.134. The van der Waals surface area contributed by atoms with E-state index < -0.39 is 0 Å². The van der Waals surface area contributed by atoms with E-state index in [0.717, 1.165) is 19.4 Å². The number of nitrogens with zero attached hydrogens (tertiary/aromatic N) is 3. The predicted molar refractivity (Wildman–Crippen MR) is 79.7 cm³/mol. The van der Waals surface area contributed by atoms with Crippen molar-refractivity contribution in [3.8, 4) is 0 Å². The fraction of sp³-hybridized carbons (Fsp3) is 0.667. The van der Waals surface area contributed by atoms with Crippen LogP contribution < -0.4 is 5.73 Å². The number of hydrogen-bond acceptors (Lipinski definition) is 3. The molecule has 2 N–H and O–H groups in total. The molecule has 19 heavy (non-hydrogen) atoms. The second-order valence-corrected chi connectivity index (χ2v) is 4.49. The summed E-state index contributed by atoms with van der Waals surface area (Å²) in [7, 11) is 0. The Kier molecular flexibility index (Phi) is 8.80. The van der Waals surface area contributed by atoms with Gasteiger partial charge in [-0.25, -0.2) is 0 Å². The quantitative estimate of drug-likeness (QED) is 0.916. The first kappa shape index (κ1) is 18.2. The van der Waals surface area contributed by atoms with Crippen LogP contribution in [0.4, 0.5) is 0 Å². The molecule has 5 nitrogen and oxygen atoms in total. The summed E-state index contributed by atoms with van der Waals surface area (Å²) in [5.74, 6) is 0.204. The van der Waals surface area contributed by atoms with Crippen LogP contribution in [0, 0.1) is 0 Å². The molecule has 0 radical (unpaired) electrons. The Morgan fingerprint density at radius 2 is 2.16 bits per heavy atom. The van der Waals surface area contributed by atoms with Crippen molar-refractivity contribution in [3.05, 3.63) is 18.5 Å². The summed E-state index contributed by atoms with van der Waals surface area (Å²) in [6.07, 6.45) is 7.45. The molecule has 7 heteroatoms. The van der Waals surface area contributed by atoms with Crippen molar-refractivity contribution in [2.75, 3.05) is 13.1 Å². The molecule has 110 valence electrons. The van der Waals surface area contributed by atoms with Crippen LogP contribution in [0.15, 0.2) is 18.5 Å². The number of aromatic nitrogens is 2. The lowest BCUT2D eigenvalue weighted by atomic mass is 10.0. The summed E-state index contributed by atoms with van der Waals surface area (Å²) in [6, 6.07) is 2.11. The van der Waals surface area contributed by atoms with Gasteiger partial charge in [-0.05, 0) is 25.3 Å². The molecule has 2 rings (SSSR count). The Hall–Kier alpha value is -0.780. The standard InChI is InChI=1S/C12H20N4O.2ClH/c13-10-11-4-1-2-8-16(11)12(17)5-9-15-7-3-6-14-15;;/h3,6-7,11H,1-2,4-5,8-10,13H2;2*1H. The van der Waals surface area contributed by atoms with Gasteiger partial charge in [0.25, 0.3) is 0 Å². The van der Waals surface area contributed by atoms with Crippen LogP contribution in [0.1, 0.15) is 25.7 Å². The fourth-order valence-corrected chi connectivity index (χ4v) is 2.36. The van der Waals surface area contributed by atoms with Crippen molar-refractivity contribution < 1.29 is 4.79 Å². The average Bonchev–Trinajstić information content (AvgIpc) is 2.89. The summed E-state index contributed by atoms with van der Waals surface area (Å²) >= 11 is 0. The van der Waals surface area contributed by atoms with Gasteiger partial charge < -0.3 is 10.6 Å². The van der Waals surface area contributed by atoms with Crippen LogP contribution in [-0.4, -0.2) is 39.7 Å². The highest BCUT2D eigenvalue weighted by Crippen LogP contribution is 2.17. The summed E-state index contributed by atoms with van der Waals surface area (Å²) in [4.78, 5) is 14.0. The summed E-state index contributed by atoms with van der Waals surface area (Å²) < 4.78 is 1.79. The van der Waals surface area contributed by atoms with E-state index in [1.54, 1.807) is 10.9 Å². The smallest absolute Gasteiger partial charge is 0.224 e. The highest BCUT2D eigenvalue weighted by molar-refractivity contribution is 5.85. The van der Waals surface area contributed by atoms with Crippen LogP contribution in [-0.2, 0) is 11.3 Å². The number of halogens is 2. The van der Waals surface area contributed by atoms with Gasteiger partial charge in [-0.3, -0.25) is 9.48 Å². The number of carbonyl (C=O) groups excluding carboxylic acids is 1. The van der Waals surface area contributed by atoms with E-state index in [4.69, 9.17) is 5.73 Å². The van der Waals surface area contributed by atoms with E-state index in [-0.39, 0.29) is 36.8 Å². The van der Waals surface area contributed by atoms with Crippen LogP contribution in [0.3, 0.4) is 0 Å². The fourth-order valence-electron chi connectivity index (χ4n) is 2.36. The van der Waals surface area contributed by atoms with Crippen LogP contribution in [0.2, 0.25) is 0 Å². The normalized spacial score (nSPS) is 18.4. The highest BCUT2D eigenvalue weighted by atomic mass is 35.5. The maximum atomic E-state index is 12.1. The van der Waals surface area contributed by atoms with Gasteiger partial charge in [0.2, 0.25) is 5.91 Å². The van der Waals surface area contributed by atoms with Gasteiger partial charge in [-0.2, -0.15) is 5.10 Å². The van der Waals surface area contributed by atoms with Crippen molar-refractivity contribution in [1.29, 1.82) is 0 Å². The van der Waals surface area contributed by atoms with Crippen molar-refractivity contribution in [1.82, 2.24) is 14.7 Å². The number of likely N-dealkylation sites (tertiary alicyclic amines) is 1. The van der Waals surface area contributed by atoms with Crippen molar-refractivity contribution >= 4 is 30.7 Å². The van der Waals surface area contributed by atoms with E-state index in [1.807, 2.05) is 17.2 Å². The molecule has 0 aromatic carbocycles. The minimum Gasteiger partial charge on any atom is -0.338 e. The van der Waals surface area contributed by atoms with Gasteiger partial charge in [-0.15, -0.1) is 24.8 Å². The van der Waals surface area contributed by atoms with Gasteiger partial charge in [0.15, 0.2) is 0 Å². The zero-order valence-corrected chi connectivity index (χ0v) is 12.5. The van der Waals surface area contributed by atoms with E-state index in [2.05, 4.69) is 5.10 Å². The van der Waals surface area contributed by atoms with Crippen molar-refractivity contribution in [3.63, 3.8) is 0 Å². The minimum absolute atomic E-state index is 0. The zero-order chi connectivity index (χ0) is 12.1. The minimum atomic E-state index is 0. The predicted octanol–water partition coefficient (Wildman–Crippen LogP) is 1.46. The molecule has 1 fully saturated rings. The molecule has 2 heterocycles. The molecule has 1 saturated heterocycles. The molecule has 1 unspecified atom stereocenters. The Balaban J connectivity index is 0.00000162. The molecule has 1 aliphatic rings. The summed E-state index contributed by atoms with van der Waals surface area (Å²) in [5.41, 5.74) is 5.71. The van der Waals surface area contributed by atoms with Gasteiger partial charge >= 0.3 is 0 Å². The first-order valence-electron chi connectivity index (χ1n) is 6.28. The Bertz CT molecular complexity index is 359. The molecular weight excluding hydrogens is 287 g/mol. The van der Waals surface area contributed by atoms with Gasteiger partial charge in [-0.1, -0.05) is 0 Å². The van der Waals surface area contributed by atoms with Crippen molar-refractivity contribution in [2.24, 2.45) is 5.73 Å². The van der Waals surface area contributed by atoms with Gasteiger partial charge in [0.05, 0.1) is 0 Å². The van der Waals surface area contributed by atoms with Crippen LogP contribution >= 0.6 is 24.8 Å². The average molecular weight is 309 g/mol. The molecule has 0 saturated carbocycles.